The Morgan fingerprint density at radius 2 is 2.25 bits per heavy atom. The summed E-state index contributed by atoms with van der Waals surface area (Å²) in [5.74, 6) is 0.768. The first-order valence-electron chi connectivity index (χ1n) is 5.13. The molecular formula is C12H14FN3. The van der Waals surface area contributed by atoms with Crippen LogP contribution in [-0.4, -0.2) is 9.55 Å². The Labute approximate surface area is 93.9 Å². The summed E-state index contributed by atoms with van der Waals surface area (Å²) in [6.45, 7) is 2.38. The predicted octanol–water partition coefficient (Wildman–Crippen LogP) is 2.48. The second kappa shape index (κ2) is 4.35. The van der Waals surface area contributed by atoms with E-state index in [-0.39, 0.29) is 5.82 Å². The zero-order chi connectivity index (χ0) is 11.5. The summed E-state index contributed by atoms with van der Waals surface area (Å²) in [6.07, 6.45) is 3.65. The van der Waals surface area contributed by atoms with E-state index in [1.165, 1.54) is 6.07 Å². The normalized spacial score (nSPS) is 10.4. The van der Waals surface area contributed by atoms with Crippen LogP contribution in [0.15, 0.2) is 30.6 Å². The fraction of sp³-hybridized carbons (Fsp3) is 0.250. The number of aromatic nitrogens is 2. The van der Waals surface area contributed by atoms with Crippen molar-refractivity contribution in [2.75, 3.05) is 5.32 Å². The SMILES string of the molecule is Cc1cc(NCc2nccn2C)ccc1F. The molecule has 0 aliphatic carbocycles. The van der Waals surface area contributed by atoms with Gasteiger partial charge in [-0.15, -0.1) is 0 Å². The summed E-state index contributed by atoms with van der Waals surface area (Å²) in [7, 11) is 1.94. The number of imidazole rings is 1. The van der Waals surface area contributed by atoms with Gasteiger partial charge in [-0.1, -0.05) is 0 Å². The third-order valence-corrected chi connectivity index (χ3v) is 2.53. The fourth-order valence-electron chi connectivity index (χ4n) is 1.50. The number of anilines is 1. The molecule has 1 N–H and O–H groups in total. The van der Waals surface area contributed by atoms with Crippen LogP contribution in [0.5, 0.6) is 0 Å². The second-order valence-corrected chi connectivity index (χ2v) is 3.77. The van der Waals surface area contributed by atoms with Crippen molar-refractivity contribution >= 4 is 5.69 Å². The minimum absolute atomic E-state index is 0.178. The molecule has 0 aliphatic rings. The van der Waals surface area contributed by atoms with Crippen LogP contribution in [0.3, 0.4) is 0 Å². The number of hydrogen-bond acceptors (Lipinski definition) is 2. The molecule has 0 unspecified atom stereocenters. The van der Waals surface area contributed by atoms with E-state index in [0.717, 1.165) is 11.5 Å². The summed E-state index contributed by atoms with van der Waals surface area (Å²) in [6, 6.07) is 4.99. The van der Waals surface area contributed by atoms with Crippen molar-refractivity contribution in [1.29, 1.82) is 0 Å². The molecule has 1 aromatic carbocycles. The third-order valence-electron chi connectivity index (χ3n) is 2.53. The van der Waals surface area contributed by atoms with Crippen LogP contribution in [-0.2, 0) is 13.6 Å². The predicted molar refractivity (Wildman–Crippen MR) is 61.7 cm³/mol. The average Bonchev–Trinajstić information content (AvgIpc) is 2.66. The standard InChI is InChI=1S/C12H14FN3/c1-9-7-10(3-4-11(9)13)15-8-12-14-5-6-16(12)2/h3-7,15H,8H2,1-2H3. The zero-order valence-corrected chi connectivity index (χ0v) is 9.37. The van der Waals surface area contributed by atoms with Gasteiger partial charge in [-0.25, -0.2) is 9.37 Å². The van der Waals surface area contributed by atoms with Crippen molar-refractivity contribution in [3.05, 3.63) is 47.8 Å². The van der Waals surface area contributed by atoms with Gasteiger partial charge in [-0.2, -0.15) is 0 Å². The molecule has 2 rings (SSSR count). The third kappa shape index (κ3) is 2.21. The summed E-state index contributed by atoms with van der Waals surface area (Å²) in [5, 5.41) is 3.21. The molecule has 0 amide bonds. The van der Waals surface area contributed by atoms with Gasteiger partial charge in [0.25, 0.3) is 0 Å². The molecule has 2 aromatic rings. The minimum Gasteiger partial charge on any atom is -0.378 e. The molecule has 3 nitrogen and oxygen atoms in total. The topological polar surface area (TPSA) is 29.9 Å². The number of rotatable bonds is 3. The van der Waals surface area contributed by atoms with Gasteiger partial charge in [0, 0.05) is 25.1 Å². The van der Waals surface area contributed by atoms with E-state index in [1.807, 2.05) is 17.8 Å². The molecule has 0 spiro atoms. The fourth-order valence-corrected chi connectivity index (χ4v) is 1.50. The lowest BCUT2D eigenvalue weighted by Crippen LogP contribution is -2.05. The second-order valence-electron chi connectivity index (χ2n) is 3.77. The molecule has 16 heavy (non-hydrogen) atoms. The van der Waals surface area contributed by atoms with Crippen LogP contribution in [0.4, 0.5) is 10.1 Å². The van der Waals surface area contributed by atoms with Gasteiger partial charge >= 0.3 is 0 Å². The van der Waals surface area contributed by atoms with Crippen LogP contribution in [0.25, 0.3) is 0 Å². The lowest BCUT2D eigenvalue weighted by atomic mass is 10.2. The van der Waals surface area contributed by atoms with Gasteiger partial charge < -0.3 is 9.88 Å². The summed E-state index contributed by atoms with van der Waals surface area (Å²) >= 11 is 0. The van der Waals surface area contributed by atoms with Crippen LogP contribution in [0, 0.1) is 12.7 Å². The molecular weight excluding hydrogens is 205 g/mol. The molecule has 0 saturated heterocycles. The van der Waals surface area contributed by atoms with Crippen LogP contribution < -0.4 is 5.32 Å². The molecule has 1 aromatic heterocycles. The monoisotopic (exact) mass is 219 g/mol. The maximum atomic E-state index is 13.0. The molecule has 0 atom stereocenters. The zero-order valence-electron chi connectivity index (χ0n) is 9.37. The van der Waals surface area contributed by atoms with Gasteiger partial charge in [-0.05, 0) is 30.7 Å². The van der Waals surface area contributed by atoms with Crippen molar-refractivity contribution < 1.29 is 4.39 Å². The highest BCUT2D eigenvalue weighted by molar-refractivity contribution is 5.45. The van der Waals surface area contributed by atoms with E-state index in [1.54, 1.807) is 25.3 Å². The number of benzene rings is 1. The average molecular weight is 219 g/mol. The number of nitrogens with zero attached hydrogens (tertiary/aromatic N) is 2. The lowest BCUT2D eigenvalue weighted by Gasteiger charge is -2.07. The van der Waals surface area contributed by atoms with E-state index in [4.69, 9.17) is 0 Å². The highest BCUT2D eigenvalue weighted by Gasteiger charge is 2.01. The highest BCUT2D eigenvalue weighted by Crippen LogP contribution is 2.14. The summed E-state index contributed by atoms with van der Waals surface area (Å²) in [5.41, 5.74) is 1.55. The Hall–Kier alpha value is -1.84. The van der Waals surface area contributed by atoms with Crippen LogP contribution >= 0.6 is 0 Å². The van der Waals surface area contributed by atoms with Crippen molar-refractivity contribution in [2.45, 2.75) is 13.5 Å². The molecule has 0 saturated carbocycles. The first-order chi connectivity index (χ1) is 7.66. The molecule has 4 heteroatoms. The number of halogens is 1. The Balaban J connectivity index is 2.05. The Morgan fingerprint density at radius 1 is 1.44 bits per heavy atom. The Morgan fingerprint density at radius 3 is 2.88 bits per heavy atom. The molecule has 1 heterocycles. The van der Waals surface area contributed by atoms with E-state index in [2.05, 4.69) is 10.3 Å². The highest BCUT2D eigenvalue weighted by atomic mass is 19.1. The van der Waals surface area contributed by atoms with Gasteiger partial charge in [0.2, 0.25) is 0 Å². The number of aryl methyl sites for hydroxylation is 2. The van der Waals surface area contributed by atoms with Gasteiger partial charge in [0.05, 0.1) is 6.54 Å². The Bertz CT molecular complexity index is 491. The number of nitrogens with one attached hydrogen (secondary N) is 1. The number of hydrogen-bond donors (Lipinski definition) is 1. The van der Waals surface area contributed by atoms with E-state index < -0.39 is 0 Å². The molecule has 0 radical (unpaired) electrons. The van der Waals surface area contributed by atoms with Crippen molar-refractivity contribution in [1.82, 2.24) is 9.55 Å². The Kier molecular flexibility index (Phi) is 2.90. The van der Waals surface area contributed by atoms with Gasteiger partial charge in [-0.3, -0.25) is 0 Å². The van der Waals surface area contributed by atoms with E-state index in [9.17, 15) is 4.39 Å². The van der Waals surface area contributed by atoms with Crippen molar-refractivity contribution in [2.24, 2.45) is 7.05 Å². The van der Waals surface area contributed by atoms with Crippen LogP contribution in [0.1, 0.15) is 11.4 Å². The minimum atomic E-state index is -0.178. The lowest BCUT2D eigenvalue weighted by molar-refractivity contribution is 0.618. The maximum absolute atomic E-state index is 13.0. The summed E-state index contributed by atoms with van der Waals surface area (Å²) < 4.78 is 15.0. The van der Waals surface area contributed by atoms with Crippen molar-refractivity contribution in [3.8, 4) is 0 Å². The molecule has 0 aliphatic heterocycles. The van der Waals surface area contributed by atoms with Crippen LogP contribution in [0.2, 0.25) is 0 Å². The summed E-state index contributed by atoms with van der Waals surface area (Å²) in [4.78, 5) is 4.20. The molecule has 0 bridgehead atoms. The molecule has 0 fully saturated rings. The molecule has 84 valence electrons. The van der Waals surface area contributed by atoms with E-state index in [0.29, 0.717) is 12.1 Å². The van der Waals surface area contributed by atoms with Crippen molar-refractivity contribution in [3.63, 3.8) is 0 Å². The van der Waals surface area contributed by atoms with Gasteiger partial charge in [0.1, 0.15) is 11.6 Å². The van der Waals surface area contributed by atoms with E-state index >= 15 is 0 Å². The maximum Gasteiger partial charge on any atom is 0.127 e. The first kappa shape index (κ1) is 10.7. The largest absolute Gasteiger partial charge is 0.378 e. The smallest absolute Gasteiger partial charge is 0.127 e. The quantitative estimate of drug-likeness (QED) is 0.859. The van der Waals surface area contributed by atoms with Gasteiger partial charge in [0.15, 0.2) is 0 Å². The first-order valence-corrected chi connectivity index (χ1v) is 5.13.